The number of aromatic nitrogens is 3. The van der Waals surface area contributed by atoms with Gasteiger partial charge in [0.1, 0.15) is 11.5 Å². The summed E-state index contributed by atoms with van der Waals surface area (Å²) in [4.78, 5) is 0. The van der Waals surface area contributed by atoms with Gasteiger partial charge in [-0.05, 0) is 37.3 Å². The molecule has 2 aromatic carbocycles. The third-order valence-electron chi connectivity index (χ3n) is 3.96. The van der Waals surface area contributed by atoms with Crippen molar-refractivity contribution in [3.05, 3.63) is 52.5 Å². The SMILES string of the molecule is CCn1c(SCc2cc(Br)ccc2OC)nnc1-c1cccc(OC)c1. The Labute approximate surface area is 165 Å². The minimum absolute atomic E-state index is 0.749. The van der Waals surface area contributed by atoms with Gasteiger partial charge < -0.3 is 14.0 Å². The van der Waals surface area contributed by atoms with Crippen molar-refractivity contribution < 1.29 is 9.47 Å². The molecule has 26 heavy (non-hydrogen) atoms. The number of hydrogen-bond donors (Lipinski definition) is 0. The highest BCUT2D eigenvalue weighted by atomic mass is 79.9. The van der Waals surface area contributed by atoms with Gasteiger partial charge in [-0.2, -0.15) is 0 Å². The van der Waals surface area contributed by atoms with Crippen LogP contribution in [0.2, 0.25) is 0 Å². The third-order valence-corrected chi connectivity index (χ3v) is 5.47. The number of thioether (sulfide) groups is 1. The second-order valence-electron chi connectivity index (χ2n) is 5.53. The van der Waals surface area contributed by atoms with E-state index in [4.69, 9.17) is 9.47 Å². The van der Waals surface area contributed by atoms with Crippen LogP contribution in [0.3, 0.4) is 0 Å². The number of methoxy groups -OCH3 is 2. The lowest BCUT2D eigenvalue weighted by Gasteiger charge is -2.10. The van der Waals surface area contributed by atoms with E-state index in [2.05, 4.69) is 43.7 Å². The Kier molecular flexibility index (Phi) is 6.21. The zero-order valence-corrected chi connectivity index (χ0v) is 17.3. The van der Waals surface area contributed by atoms with E-state index < -0.39 is 0 Å². The summed E-state index contributed by atoms with van der Waals surface area (Å²) >= 11 is 5.16. The van der Waals surface area contributed by atoms with Gasteiger partial charge in [0.05, 0.1) is 14.2 Å². The Balaban J connectivity index is 1.86. The van der Waals surface area contributed by atoms with Crippen LogP contribution in [0.4, 0.5) is 0 Å². The predicted molar refractivity (Wildman–Crippen MR) is 108 cm³/mol. The molecule has 0 N–H and O–H groups in total. The van der Waals surface area contributed by atoms with Crippen LogP contribution in [0.5, 0.6) is 11.5 Å². The minimum atomic E-state index is 0.749. The van der Waals surface area contributed by atoms with Crippen molar-refractivity contribution in [2.24, 2.45) is 0 Å². The smallest absolute Gasteiger partial charge is 0.191 e. The van der Waals surface area contributed by atoms with Crippen LogP contribution in [0, 0.1) is 0 Å². The first-order valence-corrected chi connectivity index (χ1v) is 9.97. The summed E-state index contributed by atoms with van der Waals surface area (Å²) in [5.74, 6) is 3.27. The first kappa shape index (κ1) is 18.8. The molecule has 0 aliphatic rings. The molecule has 136 valence electrons. The molecule has 0 amide bonds. The molecular formula is C19H20BrN3O2S. The van der Waals surface area contributed by atoms with Crippen LogP contribution < -0.4 is 9.47 Å². The highest BCUT2D eigenvalue weighted by molar-refractivity contribution is 9.10. The molecule has 0 spiro atoms. The zero-order chi connectivity index (χ0) is 18.5. The van der Waals surface area contributed by atoms with Gasteiger partial charge in [-0.15, -0.1) is 10.2 Å². The summed E-state index contributed by atoms with van der Waals surface area (Å²) in [5, 5.41) is 9.68. The van der Waals surface area contributed by atoms with E-state index in [9.17, 15) is 0 Å². The van der Waals surface area contributed by atoms with Crippen LogP contribution in [0.1, 0.15) is 12.5 Å². The minimum Gasteiger partial charge on any atom is -0.497 e. The Morgan fingerprint density at radius 1 is 1.08 bits per heavy atom. The molecule has 0 saturated carbocycles. The van der Waals surface area contributed by atoms with Crippen molar-refractivity contribution in [2.75, 3.05) is 14.2 Å². The largest absolute Gasteiger partial charge is 0.497 e. The van der Waals surface area contributed by atoms with Crippen molar-refractivity contribution >= 4 is 27.7 Å². The summed E-state index contributed by atoms with van der Waals surface area (Å²) < 4.78 is 13.9. The van der Waals surface area contributed by atoms with Crippen LogP contribution in [-0.4, -0.2) is 29.0 Å². The standard InChI is InChI=1S/C19H20BrN3O2S/c1-4-23-18(13-6-5-7-16(11-13)24-2)21-22-19(23)26-12-14-10-15(20)8-9-17(14)25-3/h5-11H,4,12H2,1-3H3. The zero-order valence-electron chi connectivity index (χ0n) is 14.9. The Morgan fingerprint density at radius 3 is 2.65 bits per heavy atom. The molecule has 0 aliphatic carbocycles. The van der Waals surface area contributed by atoms with E-state index in [0.29, 0.717) is 0 Å². The van der Waals surface area contributed by atoms with Crippen LogP contribution >= 0.6 is 27.7 Å². The molecule has 0 unspecified atom stereocenters. The van der Waals surface area contributed by atoms with E-state index in [-0.39, 0.29) is 0 Å². The first-order chi connectivity index (χ1) is 12.7. The number of hydrogen-bond acceptors (Lipinski definition) is 5. The summed E-state index contributed by atoms with van der Waals surface area (Å²) in [6.07, 6.45) is 0. The monoisotopic (exact) mass is 433 g/mol. The molecule has 0 aliphatic heterocycles. The molecular weight excluding hydrogens is 414 g/mol. The molecule has 0 atom stereocenters. The maximum Gasteiger partial charge on any atom is 0.191 e. The van der Waals surface area contributed by atoms with Gasteiger partial charge in [0.15, 0.2) is 11.0 Å². The third kappa shape index (κ3) is 4.04. The van der Waals surface area contributed by atoms with Crippen LogP contribution in [0.25, 0.3) is 11.4 Å². The summed E-state index contributed by atoms with van der Waals surface area (Å²) in [5.41, 5.74) is 2.10. The van der Waals surface area contributed by atoms with Crippen molar-refractivity contribution in [3.8, 4) is 22.9 Å². The molecule has 3 aromatic rings. The quantitative estimate of drug-likeness (QED) is 0.488. The Bertz CT molecular complexity index is 898. The van der Waals surface area contributed by atoms with Gasteiger partial charge in [-0.25, -0.2) is 0 Å². The fourth-order valence-electron chi connectivity index (χ4n) is 2.66. The van der Waals surface area contributed by atoms with Gasteiger partial charge in [0, 0.05) is 27.9 Å². The topological polar surface area (TPSA) is 49.2 Å². The van der Waals surface area contributed by atoms with Crippen molar-refractivity contribution in [3.63, 3.8) is 0 Å². The maximum atomic E-state index is 5.45. The van der Waals surface area contributed by atoms with Gasteiger partial charge in [0.2, 0.25) is 0 Å². The molecule has 7 heteroatoms. The van der Waals surface area contributed by atoms with Crippen molar-refractivity contribution in [1.29, 1.82) is 0 Å². The average Bonchev–Trinajstić information content (AvgIpc) is 3.09. The number of ether oxygens (including phenoxy) is 2. The van der Waals surface area contributed by atoms with E-state index >= 15 is 0 Å². The Morgan fingerprint density at radius 2 is 1.92 bits per heavy atom. The molecule has 1 aromatic heterocycles. The summed E-state index contributed by atoms with van der Waals surface area (Å²) in [6.45, 7) is 2.88. The number of benzene rings is 2. The second-order valence-corrected chi connectivity index (χ2v) is 7.39. The van der Waals surface area contributed by atoms with Crippen LogP contribution in [-0.2, 0) is 12.3 Å². The van der Waals surface area contributed by atoms with Crippen LogP contribution in [0.15, 0.2) is 52.1 Å². The molecule has 0 bridgehead atoms. The highest BCUT2D eigenvalue weighted by Crippen LogP contribution is 2.31. The lowest BCUT2D eigenvalue weighted by atomic mass is 10.2. The van der Waals surface area contributed by atoms with E-state index in [0.717, 1.165) is 50.4 Å². The van der Waals surface area contributed by atoms with Crippen molar-refractivity contribution in [1.82, 2.24) is 14.8 Å². The molecule has 0 saturated heterocycles. The molecule has 0 radical (unpaired) electrons. The number of halogens is 1. The van der Waals surface area contributed by atoms with E-state index in [1.54, 1.807) is 26.0 Å². The predicted octanol–water partition coefficient (Wildman–Crippen LogP) is 5.04. The van der Waals surface area contributed by atoms with Gasteiger partial charge >= 0.3 is 0 Å². The lowest BCUT2D eigenvalue weighted by Crippen LogP contribution is -2.00. The van der Waals surface area contributed by atoms with E-state index in [1.165, 1.54) is 0 Å². The fourth-order valence-corrected chi connectivity index (χ4v) is 4.05. The van der Waals surface area contributed by atoms with Gasteiger partial charge in [-0.1, -0.05) is 39.8 Å². The number of rotatable bonds is 7. The maximum absolute atomic E-state index is 5.45. The molecule has 5 nitrogen and oxygen atoms in total. The average molecular weight is 434 g/mol. The van der Waals surface area contributed by atoms with E-state index in [1.807, 2.05) is 36.4 Å². The molecule has 1 heterocycles. The normalized spacial score (nSPS) is 10.8. The lowest BCUT2D eigenvalue weighted by molar-refractivity contribution is 0.411. The first-order valence-electron chi connectivity index (χ1n) is 8.19. The fraction of sp³-hybridized carbons (Fsp3) is 0.263. The van der Waals surface area contributed by atoms with Gasteiger partial charge in [-0.3, -0.25) is 0 Å². The number of nitrogens with zero attached hydrogens (tertiary/aromatic N) is 3. The summed E-state index contributed by atoms with van der Waals surface area (Å²) in [6, 6.07) is 13.9. The van der Waals surface area contributed by atoms with Crippen molar-refractivity contribution in [2.45, 2.75) is 24.4 Å². The highest BCUT2D eigenvalue weighted by Gasteiger charge is 2.15. The molecule has 0 fully saturated rings. The summed E-state index contributed by atoms with van der Waals surface area (Å²) in [7, 11) is 3.35. The Hall–Kier alpha value is -1.99. The van der Waals surface area contributed by atoms with Gasteiger partial charge in [0.25, 0.3) is 0 Å². The molecule has 3 rings (SSSR count). The second kappa shape index (κ2) is 8.60.